The van der Waals surface area contributed by atoms with E-state index in [1.54, 1.807) is 36.5 Å². The molecule has 1 aromatic carbocycles. The third kappa shape index (κ3) is 2.63. The third-order valence-electron chi connectivity index (χ3n) is 2.57. The molecule has 2 aromatic heterocycles. The van der Waals surface area contributed by atoms with Crippen LogP contribution in [0.5, 0.6) is 0 Å². The summed E-state index contributed by atoms with van der Waals surface area (Å²) in [4.78, 5) is 8.24. The summed E-state index contributed by atoms with van der Waals surface area (Å²) in [7, 11) is 0. The van der Waals surface area contributed by atoms with Crippen molar-refractivity contribution in [3.8, 4) is 22.8 Å². The van der Waals surface area contributed by atoms with Gasteiger partial charge < -0.3 is 4.52 Å². The van der Waals surface area contributed by atoms with Crippen LogP contribution in [-0.4, -0.2) is 15.1 Å². The van der Waals surface area contributed by atoms with Crippen LogP contribution in [0, 0.1) is 0 Å². The topological polar surface area (TPSA) is 51.8 Å². The molecule has 0 amide bonds. The van der Waals surface area contributed by atoms with Gasteiger partial charge in [0.05, 0.1) is 10.6 Å². The first-order valence-electron chi connectivity index (χ1n) is 5.54. The third-order valence-corrected chi connectivity index (χ3v) is 3.34. The Morgan fingerprint density at radius 3 is 2.55 bits per heavy atom. The van der Waals surface area contributed by atoms with Crippen molar-refractivity contribution in [1.29, 1.82) is 0 Å². The van der Waals surface area contributed by atoms with Crippen LogP contribution < -0.4 is 0 Å². The quantitative estimate of drug-likeness (QED) is 0.637. The summed E-state index contributed by atoms with van der Waals surface area (Å²) < 4.78 is 5.19. The molecule has 3 rings (SSSR count). The van der Waals surface area contributed by atoms with Gasteiger partial charge in [0.1, 0.15) is 5.15 Å². The van der Waals surface area contributed by atoms with Gasteiger partial charge in [-0.3, -0.25) is 0 Å². The van der Waals surface area contributed by atoms with Crippen molar-refractivity contribution in [2.75, 3.05) is 0 Å². The summed E-state index contributed by atoms with van der Waals surface area (Å²) >= 11 is 17.7. The molecule has 7 heteroatoms. The molecule has 0 bridgehead atoms. The molecule has 0 spiro atoms. The number of benzene rings is 1. The summed E-state index contributed by atoms with van der Waals surface area (Å²) in [6, 6.07) is 8.46. The first kappa shape index (κ1) is 13.4. The molecule has 0 atom stereocenters. The highest BCUT2D eigenvalue weighted by atomic mass is 35.5. The Labute approximate surface area is 129 Å². The summed E-state index contributed by atoms with van der Waals surface area (Å²) in [5.74, 6) is 0.729. The first-order chi connectivity index (χ1) is 9.63. The van der Waals surface area contributed by atoms with Crippen LogP contribution in [0.25, 0.3) is 22.8 Å². The standard InChI is InChI=1S/C13H6Cl3N3O/c14-8-2-3-9(10(15)5-8)12-18-13(20-19-12)7-1-4-11(16)17-6-7/h1-6H. The molecule has 0 aliphatic heterocycles. The van der Waals surface area contributed by atoms with Gasteiger partial charge in [0.15, 0.2) is 0 Å². The van der Waals surface area contributed by atoms with Crippen LogP contribution >= 0.6 is 34.8 Å². The molecular weight excluding hydrogens is 321 g/mol. The Morgan fingerprint density at radius 1 is 1.00 bits per heavy atom. The van der Waals surface area contributed by atoms with Gasteiger partial charge in [0, 0.05) is 16.8 Å². The smallest absolute Gasteiger partial charge is 0.259 e. The minimum absolute atomic E-state index is 0.343. The minimum Gasteiger partial charge on any atom is -0.334 e. The Balaban J connectivity index is 1.99. The first-order valence-corrected chi connectivity index (χ1v) is 6.68. The van der Waals surface area contributed by atoms with Crippen molar-refractivity contribution in [2.24, 2.45) is 0 Å². The normalized spacial score (nSPS) is 10.8. The van der Waals surface area contributed by atoms with E-state index in [-0.39, 0.29) is 0 Å². The molecular formula is C13H6Cl3N3O. The summed E-state index contributed by atoms with van der Waals surface area (Å²) in [5, 5.41) is 5.30. The van der Waals surface area contributed by atoms with Crippen molar-refractivity contribution in [3.05, 3.63) is 51.7 Å². The molecule has 0 fully saturated rings. The van der Waals surface area contributed by atoms with Crippen molar-refractivity contribution >= 4 is 34.8 Å². The lowest BCUT2D eigenvalue weighted by atomic mass is 10.2. The van der Waals surface area contributed by atoms with Gasteiger partial charge in [0.2, 0.25) is 5.82 Å². The summed E-state index contributed by atoms with van der Waals surface area (Å²) in [5.41, 5.74) is 1.33. The van der Waals surface area contributed by atoms with E-state index in [1.165, 1.54) is 0 Å². The number of rotatable bonds is 2. The van der Waals surface area contributed by atoms with Crippen LogP contribution in [0.2, 0.25) is 15.2 Å². The van der Waals surface area contributed by atoms with E-state index < -0.39 is 0 Å². The number of nitrogens with zero attached hydrogens (tertiary/aromatic N) is 3. The zero-order valence-corrected chi connectivity index (χ0v) is 12.1. The lowest BCUT2D eigenvalue weighted by Crippen LogP contribution is -1.83. The Hall–Kier alpha value is -1.62. The molecule has 0 unspecified atom stereocenters. The van der Waals surface area contributed by atoms with E-state index >= 15 is 0 Å². The number of halogens is 3. The second-order valence-corrected chi connectivity index (χ2v) is 5.15. The van der Waals surface area contributed by atoms with Crippen LogP contribution in [0.1, 0.15) is 0 Å². The molecule has 2 heterocycles. The van der Waals surface area contributed by atoms with Crippen LogP contribution in [0.4, 0.5) is 0 Å². The van der Waals surface area contributed by atoms with E-state index in [4.69, 9.17) is 39.3 Å². The lowest BCUT2D eigenvalue weighted by Gasteiger charge is -1.98. The molecule has 3 aromatic rings. The Bertz CT molecular complexity index is 756. The molecule has 0 aliphatic carbocycles. The second-order valence-electron chi connectivity index (χ2n) is 3.92. The SMILES string of the molecule is Clc1ccc(-c2noc(-c3ccc(Cl)nc3)n2)c(Cl)c1. The zero-order chi connectivity index (χ0) is 14.1. The largest absolute Gasteiger partial charge is 0.334 e. The maximum atomic E-state index is 6.10. The number of hydrogen-bond acceptors (Lipinski definition) is 4. The van der Waals surface area contributed by atoms with Gasteiger partial charge in [-0.1, -0.05) is 40.0 Å². The fourth-order valence-electron chi connectivity index (χ4n) is 1.62. The van der Waals surface area contributed by atoms with E-state index in [0.29, 0.717) is 38.0 Å². The maximum absolute atomic E-state index is 6.10. The van der Waals surface area contributed by atoms with E-state index in [1.807, 2.05) is 0 Å². The molecule has 100 valence electrons. The number of pyridine rings is 1. The van der Waals surface area contributed by atoms with Gasteiger partial charge >= 0.3 is 0 Å². The Morgan fingerprint density at radius 2 is 1.85 bits per heavy atom. The molecule has 0 N–H and O–H groups in total. The highest BCUT2D eigenvalue weighted by Gasteiger charge is 2.13. The Kier molecular flexibility index (Phi) is 3.61. The van der Waals surface area contributed by atoms with Gasteiger partial charge in [-0.15, -0.1) is 0 Å². The summed E-state index contributed by atoms with van der Waals surface area (Å²) in [6.07, 6.45) is 1.56. The highest BCUT2D eigenvalue weighted by Crippen LogP contribution is 2.29. The lowest BCUT2D eigenvalue weighted by molar-refractivity contribution is 0.432. The molecule has 0 saturated heterocycles. The minimum atomic E-state index is 0.343. The molecule has 0 radical (unpaired) electrons. The highest BCUT2D eigenvalue weighted by molar-refractivity contribution is 6.36. The van der Waals surface area contributed by atoms with E-state index in [9.17, 15) is 0 Å². The van der Waals surface area contributed by atoms with Crippen molar-refractivity contribution in [1.82, 2.24) is 15.1 Å². The number of aromatic nitrogens is 3. The van der Waals surface area contributed by atoms with Crippen molar-refractivity contribution in [2.45, 2.75) is 0 Å². The van der Waals surface area contributed by atoms with Gasteiger partial charge in [-0.25, -0.2) is 4.98 Å². The fourth-order valence-corrected chi connectivity index (χ4v) is 2.23. The number of hydrogen-bond donors (Lipinski definition) is 0. The monoisotopic (exact) mass is 325 g/mol. The van der Waals surface area contributed by atoms with Crippen LogP contribution in [0.3, 0.4) is 0 Å². The average Bonchev–Trinajstić information content (AvgIpc) is 2.89. The van der Waals surface area contributed by atoms with Crippen molar-refractivity contribution < 1.29 is 4.52 Å². The van der Waals surface area contributed by atoms with Crippen molar-refractivity contribution in [3.63, 3.8) is 0 Å². The van der Waals surface area contributed by atoms with E-state index in [0.717, 1.165) is 0 Å². The maximum Gasteiger partial charge on any atom is 0.259 e. The van der Waals surface area contributed by atoms with Gasteiger partial charge in [-0.05, 0) is 30.3 Å². The summed E-state index contributed by atoms with van der Waals surface area (Å²) in [6.45, 7) is 0. The molecule has 0 aliphatic rings. The molecule has 0 saturated carbocycles. The predicted octanol–water partition coefficient (Wildman–Crippen LogP) is 4.76. The molecule has 4 nitrogen and oxygen atoms in total. The second kappa shape index (κ2) is 5.40. The average molecular weight is 327 g/mol. The van der Waals surface area contributed by atoms with Gasteiger partial charge in [0.25, 0.3) is 5.89 Å². The fraction of sp³-hybridized carbons (Fsp3) is 0. The predicted molar refractivity (Wildman–Crippen MR) is 78.0 cm³/mol. The van der Waals surface area contributed by atoms with Gasteiger partial charge in [-0.2, -0.15) is 4.98 Å². The van der Waals surface area contributed by atoms with Crippen LogP contribution in [-0.2, 0) is 0 Å². The van der Waals surface area contributed by atoms with Crippen LogP contribution in [0.15, 0.2) is 41.1 Å². The molecule has 20 heavy (non-hydrogen) atoms. The zero-order valence-electron chi connectivity index (χ0n) is 9.85. The van der Waals surface area contributed by atoms with E-state index in [2.05, 4.69) is 15.1 Å².